The molecular formula is C15H23N5OS. The molecule has 0 spiro atoms. The number of carbonyl (C=O) groups is 1. The second-order valence-electron chi connectivity index (χ2n) is 5.27. The minimum Gasteiger partial charge on any atom is -0.338 e. The Bertz CT molecular complexity index is 607. The van der Waals surface area contributed by atoms with Crippen molar-refractivity contribution < 1.29 is 4.79 Å². The zero-order chi connectivity index (χ0) is 15.9. The lowest BCUT2D eigenvalue weighted by molar-refractivity contribution is 0.237. The van der Waals surface area contributed by atoms with Crippen LogP contribution in [0.15, 0.2) is 17.8 Å². The van der Waals surface area contributed by atoms with Gasteiger partial charge in [0.15, 0.2) is 0 Å². The van der Waals surface area contributed by atoms with Crippen molar-refractivity contribution in [3.63, 3.8) is 0 Å². The van der Waals surface area contributed by atoms with Crippen molar-refractivity contribution in [2.45, 2.75) is 39.2 Å². The van der Waals surface area contributed by atoms with Gasteiger partial charge in [-0.05, 0) is 31.7 Å². The Kier molecular flexibility index (Phi) is 5.94. The van der Waals surface area contributed by atoms with E-state index in [9.17, 15) is 4.79 Å². The quantitative estimate of drug-likeness (QED) is 0.769. The van der Waals surface area contributed by atoms with Crippen LogP contribution in [0.2, 0.25) is 0 Å². The van der Waals surface area contributed by atoms with Crippen LogP contribution in [-0.2, 0) is 19.9 Å². The van der Waals surface area contributed by atoms with Gasteiger partial charge in [-0.25, -0.2) is 9.78 Å². The second kappa shape index (κ2) is 7.93. The molecule has 0 aromatic carbocycles. The zero-order valence-electron chi connectivity index (χ0n) is 13.3. The third-order valence-electron chi connectivity index (χ3n) is 3.35. The molecule has 1 unspecified atom stereocenters. The van der Waals surface area contributed by atoms with Crippen molar-refractivity contribution >= 4 is 17.4 Å². The number of carbonyl (C=O) groups excluding carboxylic acids is 1. The Morgan fingerprint density at radius 3 is 2.95 bits per heavy atom. The van der Waals surface area contributed by atoms with Crippen molar-refractivity contribution in [2.75, 3.05) is 6.54 Å². The van der Waals surface area contributed by atoms with Crippen LogP contribution in [-0.4, -0.2) is 27.3 Å². The number of nitrogens with zero attached hydrogens (tertiary/aromatic N) is 3. The first-order valence-electron chi connectivity index (χ1n) is 7.54. The maximum absolute atomic E-state index is 11.9. The molecule has 2 aromatic rings. The molecule has 22 heavy (non-hydrogen) atoms. The molecule has 120 valence electrons. The Hall–Kier alpha value is -1.89. The van der Waals surface area contributed by atoms with Gasteiger partial charge in [0.25, 0.3) is 0 Å². The average molecular weight is 321 g/mol. The first kappa shape index (κ1) is 16.5. The molecule has 2 rings (SSSR count). The van der Waals surface area contributed by atoms with Gasteiger partial charge in [0, 0.05) is 25.2 Å². The fourth-order valence-corrected chi connectivity index (χ4v) is 2.94. The summed E-state index contributed by atoms with van der Waals surface area (Å²) >= 11 is 1.64. The van der Waals surface area contributed by atoms with Crippen LogP contribution in [0.5, 0.6) is 0 Å². The highest BCUT2D eigenvalue weighted by Gasteiger charge is 2.12. The number of nitrogens with one attached hydrogen (secondary N) is 2. The minimum atomic E-state index is -0.148. The lowest BCUT2D eigenvalue weighted by Gasteiger charge is -2.12. The maximum Gasteiger partial charge on any atom is 0.315 e. The first-order valence-corrected chi connectivity index (χ1v) is 8.42. The highest BCUT2D eigenvalue weighted by atomic mass is 32.1. The van der Waals surface area contributed by atoms with E-state index in [-0.39, 0.29) is 12.1 Å². The van der Waals surface area contributed by atoms with Crippen molar-refractivity contribution in [3.8, 4) is 0 Å². The molecule has 0 fully saturated rings. The molecule has 2 aromatic heterocycles. The summed E-state index contributed by atoms with van der Waals surface area (Å²) in [6, 6.07) is -0.223. The monoisotopic (exact) mass is 321 g/mol. The number of rotatable bonds is 7. The van der Waals surface area contributed by atoms with Crippen LogP contribution in [0.25, 0.3) is 0 Å². The van der Waals surface area contributed by atoms with E-state index in [1.165, 1.54) is 5.56 Å². The number of aryl methyl sites for hydroxylation is 3. The molecule has 6 nitrogen and oxygen atoms in total. The van der Waals surface area contributed by atoms with Crippen molar-refractivity contribution in [3.05, 3.63) is 34.0 Å². The van der Waals surface area contributed by atoms with Crippen LogP contribution in [0.4, 0.5) is 4.79 Å². The number of urea groups is 1. The Morgan fingerprint density at radius 2 is 2.32 bits per heavy atom. The average Bonchev–Trinajstić information content (AvgIpc) is 3.12. The molecule has 0 aliphatic rings. The number of amides is 2. The molecule has 0 aliphatic carbocycles. The molecule has 2 amide bonds. The van der Waals surface area contributed by atoms with Crippen molar-refractivity contribution in [1.29, 1.82) is 0 Å². The van der Waals surface area contributed by atoms with E-state index in [1.54, 1.807) is 16.0 Å². The van der Waals surface area contributed by atoms with Crippen LogP contribution in [0.3, 0.4) is 0 Å². The fraction of sp³-hybridized carbons (Fsp3) is 0.533. The Balaban J connectivity index is 1.66. The smallest absolute Gasteiger partial charge is 0.315 e. The van der Waals surface area contributed by atoms with Crippen molar-refractivity contribution in [1.82, 2.24) is 25.4 Å². The number of hydrogen-bond donors (Lipinski definition) is 2. The van der Waals surface area contributed by atoms with Crippen LogP contribution in [0, 0.1) is 0 Å². The number of hydrogen-bond acceptors (Lipinski definition) is 4. The van der Waals surface area contributed by atoms with Gasteiger partial charge >= 0.3 is 6.03 Å². The SMILES string of the molecule is CCc1nc(C(C)NC(=O)NCCCc2cnn(C)c2)cs1. The topological polar surface area (TPSA) is 71.8 Å². The molecule has 0 radical (unpaired) electrons. The summed E-state index contributed by atoms with van der Waals surface area (Å²) in [6.45, 7) is 4.67. The predicted molar refractivity (Wildman–Crippen MR) is 88.0 cm³/mol. The summed E-state index contributed by atoms with van der Waals surface area (Å²) in [7, 11) is 1.90. The van der Waals surface area contributed by atoms with Crippen LogP contribution >= 0.6 is 11.3 Å². The van der Waals surface area contributed by atoms with E-state index in [0.717, 1.165) is 30.0 Å². The van der Waals surface area contributed by atoms with Crippen LogP contribution in [0.1, 0.15) is 42.6 Å². The van der Waals surface area contributed by atoms with E-state index in [2.05, 4.69) is 27.6 Å². The van der Waals surface area contributed by atoms with Gasteiger partial charge < -0.3 is 10.6 Å². The van der Waals surface area contributed by atoms with Gasteiger partial charge in [-0.15, -0.1) is 11.3 Å². The van der Waals surface area contributed by atoms with Gasteiger partial charge in [-0.1, -0.05) is 6.92 Å². The number of thiazole rings is 1. The van der Waals surface area contributed by atoms with Crippen molar-refractivity contribution in [2.24, 2.45) is 7.05 Å². The van der Waals surface area contributed by atoms with Gasteiger partial charge in [-0.2, -0.15) is 5.10 Å². The summed E-state index contributed by atoms with van der Waals surface area (Å²) in [5, 5.41) is 13.0. The zero-order valence-corrected chi connectivity index (χ0v) is 14.1. The van der Waals surface area contributed by atoms with E-state index in [4.69, 9.17) is 0 Å². The summed E-state index contributed by atoms with van der Waals surface area (Å²) in [6.07, 6.45) is 6.59. The summed E-state index contributed by atoms with van der Waals surface area (Å²) in [5.74, 6) is 0. The first-order chi connectivity index (χ1) is 10.6. The van der Waals surface area contributed by atoms with Gasteiger partial charge in [0.1, 0.15) is 0 Å². The molecule has 0 bridgehead atoms. The maximum atomic E-state index is 11.9. The lowest BCUT2D eigenvalue weighted by Crippen LogP contribution is -2.37. The fourth-order valence-electron chi connectivity index (χ4n) is 2.10. The molecular weight excluding hydrogens is 298 g/mol. The predicted octanol–water partition coefficient (Wildman–Crippen LogP) is 2.43. The van der Waals surface area contributed by atoms with E-state index in [0.29, 0.717) is 6.54 Å². The molecule has 1 atom stereocenters. The van der Waals surface area contributed by atoms with Gasteiger partial charge in [-0.3, -0.25) is 4.68 Å². The summed E-state index contributed by atoms with van der Waals surface area (Å²) < 4.78 is 1.79. The Morgan fingerprint density at radius 1 is 1.50 bits per heavy atom. The summed E-state index contributed by atoms with van der Waals surface area (Å²) in [4.78, 5) is 16.3. The standard InChI is InChI=1S/C15H23N5OS/c1-4-14-19-13(10-22-14)11(2)18-15(21)16-7-5-6-12-8-17-20(3)9-12/h8-11H,4-7H2,1-3H3,(H2,16,18,21). The Labute approximate surface area is 135 Å². The molecule has 0 saturated carbocycles. The molecule has 2 heterocycles. The second-order valence-corrected chi connectivity index (χ2v) is 6.21. The van der Waals surface area contributed by atoms with Gasteiger partial charge in [0.05, 0.1) is 22.9 Å². The van der Waals surface area contributed by atoms with E-state index in [1.807, 2.05) is 31.7 Å². The highest BCUT2D eigenvalue weighted by Crippen LogP contribution is 2.16. The third kappa shape index (κ3) is 4.84. The largest absolute Gasteiger partial charge is 0.338 e. The third-order valence-corrected chi connectivity index (χ3v) is 4.36. The normalized spacial score (nSPS) is 12.1. The lowest BCUT2D eigenvalue weighted by atomic mass is 10.2. The molecule has 0 saturated heterocycles. The van der Waals surface area contributed by atoms with Gasteiger partial charge in [0.2, 0.25) is 0 Å². The molecule has 0 aliphatic heterocycles. The molecule has 7 heteroatoms. The van der Waals surface area contributed by atoms with E-state index >= 15 is 0 Å². The molecule has 2 N–H and O–H groups in total. The highest BCUT2D eigenvalue weighted by molar-refractivity contribution is 7.09. The van der Waals surface area contributed by atoms with E-state index < -0.39 is 0 Å². The number of aromatic nitrogens is 3. The van der Waals surface area contributed by atoms with Crippen LogP contribution < -0.4 is 10.6 Å². The minimum absolute atomic E-state index is 0.0742. The summed E-state index contributed by atoms with van der Waals surface area (Å²) in [5.41, 5.74) is 2.11.